The van der Waals surface area contributed by atoms with E-state index in [9.17, 15) is 9.59 Å². The Bertz CT molecular complexity index is 906. The van der Waals surface area contributed by atoms with Crippen LogP contribution in [0.2, 0.25) is 0 Å². The van der Waals surface area contributed by atoms with E-state index in [1.165, 1.54) is 9.80 Å². The van der Waals surface area contributed by atoms with E-state index in [2.05, 4.69) is 5.16 Å². The molecule has 1 aliphatic rings. The van der Waals surface area contributed by atoms with Crippen LogP contribution in [0.1, 0.15) is 5.69 Å². The predicted molar refractivity (Wildman–Crippen MR) is 91.7 cm³/mol. The molecule has 1 saturated heterocycles. The summed E-state index contributed by atoms with van der Waals surface area (Å²) in [6.07, 6.45) is 0. The maximum Gasteiger partial charge on any atom is 0.332 e. The molecule has 2 aromatic carbocycles. The first-order chi connectivity index (χ1) is 12.2. The van der Waals surface area contributed by atoms with E-state index in [0.717, 1.165) is 5.56 Å². The van der Waals surface area contributed by atoms with Crippen molar-refractivity contribution in [3.8, 4) is 11.3 Å². The number of anilines is 1. The monoisotopic (exact) mass is 333 g/mol. The average molecular weight is 333 g/mol. The van der Waals surface area contributed by atoms with Gasteiger partial charge in [0, 0.05) is 17.3 Å². The summed E-state index contributed by atoms with van der Waals surface area (Å²) in [7, 11) is 0. The van der Waals surface area contributed by atoms with Gasteiger partial charge in [-0.2, -0.15) is 0 Å². The molecule has 0 N–H and O–H groups in total. The maximum absolute atomic E-state index is 12.6. The van der Waals surface area contributed by atoms with E-state index in [-0.39, 0.29) is 25.0 Å². The standard InChI is InChI=1S/C19H15N3O3/c23-18-13-21(16-9-5-2-6-10-16)19(24)22(18)12-15-11-17(25-20-15)14-7-3-1-4-8-14/h1-11H,12-13H2. The van der Waals surface area contributed by atoms with Crippen molar-refractivity contribution in [1.82, 2.24) is 10.1 Å². The fraction of sp³-hybridized carbons (Fsp3) is 0.105. The molecule has 25 heavy (non-hydrogen) atoms. The van der Waals surface area contributed by atoms with Crippen molar-refractivity contribution in [2.75, 3.05) is 11.4 Å². The molecule has 1 fully saturated rings. The molecular formula is C19H15N3O3. The number of nitrogens with zero attached hydrogens (tertiary/aromatic N) is 3. The van der Waals surface area contributed by atoms with Gasteiger partial charge in [-0.3, -0.25) is 14.6 Å². The Labute approximate surface area is 144 Å². The third kappa shape index (κ3) is 2.89. The van der Waals surface area contributed by atoms with Gasteiger partial charge in [0.15, 0.2) is 5.76 Å². The highest BCUT2D eigenvalue weighted by atomic mass is 16.5. The highest BCUT2D eigenvalue weighted by Gasteiger charge is 2.37. The first kappa shape index (κ1) is 15.1. The first-order valence-corrected chi connectivity index (χ1v) is 7.90. The van der Waals surface area contributed by atoms with E-state index in [1.54, 1.807) is 18.2 Å². The number of carbonyl (C=O) groups is 2. The normalized spacial score (nSPS) is 14.4. The van der Waals surface area contributed by atoms with E-state index in [4.69, 9.17) is 4.52 Å². The topological polar surface area (TPSA) is 66.7 Å². The van der Waals surface area contributed by atoms with Crippen molar-refractivity contribution >= 4 is 17.6 Å². The van der Waals surface area contributed by atoms with Gasteiger partial charge in [-0.25, -0.2) is 4.79 Å². The van der Waals surface area contributed by atoms with Gasteiger partial charge in [-0.15, -0.1) is 0 Å². The molecule has 0 atom stereocenters. The number of para-hydroxylation sites is 1. The molecule has 0 aliphatic carbocycles. The zero-order valence-electron chi connectivity index (χ0n) is 13.3. The second kappa shape index (κ2) is 6.24. The van der Waals surface area contributed by atoms with E-state index in [1.807, 2.05) is 48.5 Å². The van der Waals surface area contributed by atoms with Crippen molar-refractivity contribution < 1.29 is 14.1 Å². The minimum absolute atomic E-state index is 0.0340. The van der Waals surface area contributed by atoms with Crippen LogP contribution < -0.4 is 4.90 Å². The van der Waals surface area contributed by atoms with E-state index in [0.29, 0.717) is 17.1 Å². The lowest BCUT2D eigenvalue weighted by molar-refractivity contribution is -0.125. The number of imide groups is 1. The van der Waals surface area contributed by atoms with Crippen molar-refractivity contribution in [1.29, 1.82) is 0 Å². The summed E-state index contributed by atoms with van der Waals surface area (Å²) in [5.41, 5.74) is 2.13. The molecule has 1 aliphatic heterocycles. The summed E-state index contributed by atoms with van der Waals surface area (Å²) in [4.78, 5) is 27.5. The number of rotatable bonds is 4. The number of benzene rings is 2. The molecule has 4 rings (SSSR count). The second-order valence-electron chi connectivity index (χ2n) is 5.73. The lowest BCUT2D eigenvalue weighted by atomic mass is 10.1. The first-order valence-electron chi connectivity index (χ1n) is 7.90. The van der Waals surface area contributed by atoms with Gasteiger partial charge in [-0.1, -0.05) is 53.7 Å². The largest absolute Gasteiger partial charge is 0.356 e. The summed E-state index contributed by atoms with van der Waals surface area (Å²) in [6, 6.07) is 20.1. The van der Waals surface area contributed by atoms with Crippen LogP contribution >= 0.6 is 0 Å². The second-order valence-corrected chi connectivity index (χ2v) is 5.73. The average Bonchev–Trinajstić information content (AvgIpc) is 3.23. The molecule has 2 heterocycles. The molecule has 3 aromatic rings. The highest BCUT2D eigenvalue weighted by molar-refractivity contribution is 6.12. The molecule has 6 nitrogen and oxygen atoms in total. The number of aromatic nitrogens is 1. The lowest BCUT2D eigenvalue weighted by Gasteiger charge is -2.16. The fourth-order valence-electron chi connectivity index (χ4n) is 2.79. The summed E-state index contributed by atoms with van der Waals surface area (Å²) in [6.45, 7) is 0.129. The minimum atomic E-state index is -0.347. The molecule has 124 valence electrons. The Kier molecular flexibility index (Phi) is 3.78. The van der Waals surface area contributed by atoms with Crippen molar-refractivity contribution in [2.45, 2.75) is 6.54 Å². The zero-order valence-corrected chi connectivity index (χ0v) is 13.3. The number of carbonyl (C=O) groups excluding carboxylic acids is 2. The van der Waals surface area contributed by atoms with Gasteiger partial charge in [0.2, 0.25) is 0 Å². The Morgan fingerprint density at radius 3 is 2.36 bits per heavy atom. The predicted octanol–water partition coefficient (Wildman–Crippen LogP) is 3.31. The van der Waals surface area contributed by atoms with Gasteiger partial charge < -0.3 is 4.52 Å². The molecule has 1 aromatic heterocycles. The number of urea groups is 1. The van der Waals surface area contributed by atoms with Gasteiger partial charge in [0.1, 0.15) is 12.2 Å². The molecule has 0 saturated carbocycles. The van der Waals surface area contributed by atoms with Crippen LogP contribution in [0, 0.1) is 0 Å². The van der Waals surface area contributed by atoms with Crippen LogP contribution in [0.15, 0.2) is 71.3 Å². The quantitative estimate of drug-likeness (QED) is 0.687. The molecule has 0 unspecified atom stereocenters. The number of amides is 3. The van der Waals surface area contributed by atoms with E-state index >= 15 is 0 Å². The van der Waals surface area contributed by atoms with Crippen LogP contribution in [0.4, 0.5) is 10.5 Å². The van der Waals surface area contributed by atoms with E-state index < -0.39 is 0 Å². The Balaban J connectivity index is 1.52. The zero-order chi connectivity index (χ0) is 17.2. The Morgan fingerprint density at radius 1 is 0.960 bits per heavy atom. The SMILES string of the molecule is O=C1CN(c2ccccc2)C(=O)N1Cc1cc(-c2ccccc2)on1. The van der Waals surface area contributed by atoms with Crippen LogP contribution in [-0.2, 0) is 11.3 Å². The molecule has 0 radical (unpaired) electrons. The molecule has 3 amide bonds. The van der Waals surface area contributed by atoms with Crippen molar-refractivity contribution in [2.24, 2.45) is 0 Å². The molecular weight excluding hydrogens is 318 g/mol. The lowest BCUT2D eigenvalue weighted by Crippen LogP contribution is -2.32. The number of hydrogen-bond acceptors (Lipinski definition) is 4. The summed E-state index contributed by atoms with van der Waals surface area (Å²) < 4.78 is 5.33. The van der Waals surface area contributed by atoms with Crippen LogP contribution in [0.5, 0.6) is 0 Å². The number of hydrogen-bond donors (Lipinski definition) is 0. The Hall–Kier alpha value is -3.41. The van der Waals surface area contributed by atoms with Crippen LogP contribution in [0.3, 0.4) is 0 Å². The summed E-state index contributed by atoms with van der Waals surface area (Å²) >= 11 is 0. The summed E-state index contributed by atoms with van der Waals surface area (Å²) in [5, 5.41) is 3.98. The third-order valence-electron chi connectivity index (χ3n) is 4.06. The Morgan fingerprint density at radius 2 is 1.64 bits per heavy atom. The van der Waals surface area contributed by atoms with Crippen molar-refractivity contribution in [3.63, 3.8) is 0 Å². The van der Waals surface area contributed by atoms with Gasteiger partial charge in [0.05, 0.1) is 6.54 Å². The van der Waals surface area contributed by atoms with Crippen molar-refractivity contribution in [3.05, 3.63) is 72.4 Å². The molecule has 0 spiro atoms. The highest BCUT2D eigenvalue weighted by Crippen LogP contribution is 2.24. The van der Waals surface area contributed by atoms with Gasteiger partial charge >= 0.3 is 6.03 Å². The fourth-order valence-corrected chi connectivity index (χ4v) is 2.79. The van der Waals surface area contributed by atoms with Gasteiger partial charge in [-0.05, 0) is 12.1 Å². The third-order valence-corrected chi connectivity index (χ3v) is 4.06. The summed E-state index contributed by atoms with van der Waals surface area (Å²) in [5.74, 6) is 0.354. The maximum atomic E-state index is 12.6. The van der Waals surface area contributed by atoms with Gasteiger partial charge in [0.25, 0.3) is 5.91 Å². The molecule has 0 bridgehead atoms. The van der Waals surface area contributed by atoms with Crippen LogP contribution in [-0.4, -0.2) is 28.5 Å². The minimum Gasteiger partial charge on any atom is -0.356 e. The van der Waals surface area contributed by atoms with Crippen LogP contribution in [0.25, 0.3) is 11.3 Å². The smallest absolute Gasteiger partial charge is 0.332 e. The molecule has 6 heteroatoms.